The molecule has 1 amide bonds. The standard InChI is InChI=1S/C12H9BrN4O3/c13-8-5-15-16-11(8)12(18)17-14-4-7-1-2-9-10(3-7)20-6-19-9/h1-5H,6H2,(H,15,16)(H,17,18). The van der Waals surface area contributed by atoms with Crippen LogP contribution in [0.15, 0.2) is 34.0 Å². The van der Waals surface area contributed by atoms with Crippen LogP contribution < -0.4 is 14.9 Å². The minimum Gasteiger partial charge on any atom is -0.454 e. The molecule has 2 aromatic rings. The maximum absolute atomic E-state index is 11.7. The highest BCUT2D eigenvalue weighted by Crippen LogP contribution is 2.31. The van der Waals surface area contributed by atoms with Gasteiger partial charge in [-0.3, -0.25) is 9.89 Å². The minimum absolute atomic E-state index is 0.223. The van der Waals surface area contributed by atoms with E-state index in [9.17, 15) is 4.79 Å². The molecule has 1 aromatic carbocycles. The Labute approximate surface area is 122 Å². The van der Waals surface area contributed by atoms with E-state index >= 15 is 0 Å². The largest absolute Gasteiger partial charge is 0.454 e. The summed E-state index contributed by atoms with van der Waals surface area (Å²) in [6, 6.07) is 5.39. The van der Waals surface area contributed by atoms with Crippen LogP contribution in [0.25, 0.3) is 0 Å². The number of nitrogens with one attached hydrogen (secondary N) is 2. The van der Waals surface area contributed by atoms with Crippen LogP contribution in [0.3, 0.4) is 0 Å². The zero-order chi connectivity index (χ0) is 13.9. The predicted octanol–water partition coefficient (Wildman–Crippen LogP) is 1.66. The van der Waals surface area contributed by atoms with Crippen LogP contribution in [0.1, 0.15) is 16.1 Å². The van der Waals surface area contributed by atoms with E-state index in [4.69, 9.17) is 9.47 Å². The Kier molecular flexibility index (Phi) is 3.38. The second-order valence-corrected chi connectivity index (χ2v) is 4.76. The number of carbonyl (C=O) groups is 1. The number of H-pyrrole nitrogens is 1. The lowest BCUT2D eigenvalue weighted by atomic mass is 10.2. The molecule has 0 radical (unpaired) electrons. The van der Waals surface area contributed by atoms with Crippen molar-refractivity contribution >= 4 is 28.1 Å². The molecule has 7 nitrogen and oxygen atoms in total. The van der Waals surface area contributed by atoms with Gasteiger partial charge in [0.05, 0.1) is 16.9 Å². The first-order valence-electron chi connectivity index (χ1n) is 5.66. The first kappa shape index (κ1) is 12.7. The molecular formula is C12H9BrN4O3. The summed E-state index contributed by atoms with van der Waals surface area (Å²) >= 11 is 3.20. The lowest BCUT2D eigenvalue weighted by molar-refractivity contribution is 0.0949. The Morgan fingerprint density at radius 2 is 2.30 bits per heavy atom. The van der Waals surface area contributed by atoms with Crippen LogP contribution in [-0.4, -0.2) is 29.1 Å². The number of hydrazone groups is 1. The third-order valence-electron chi connectivity index (χ3n) is 2.60. The highest BCUT2D eigenvalue weighted by Gasteiger charge is 2.13. The van der Waals surface area contributed by atoms with E-state index in [-0.39, 0.29) is 12.7 Å². The molecule has 2 heterocycles. The summed E-state index contributed by atoms with van der Waals surface area (Å²) < 4.78 is 11.0. The molecule has 1 aromatic heterocycles. The van der Waals surface area contributed by atoms with Gasteiger partial charge >= 0.3 is 0 Å². The molecule has 0 saturated carbocycles. The summed E-state index contributed by atoms with van der Waals surface area (Å²) in [5.74, 6) is 0.982. The molecule has 0 fully saturated rings. The Morgan fingerprint density at radius 1 is 1.45 bits per heavy atom. The van der Waals surface area contributed by atoms with Gasteiger partial charge in [-0.05, 0) is 39.7 Å². The van der Waals surface area contributed by atoms with E-state index in [0.717, 1.165) is 5.56 Å². The van der Waals surface area contributed by atoms with Gasteiger partial charge in [-0.2, -0.15) is 10.2 Å². The first-order chi connectivity index (χ1) is 9.74. The van der Waals surface area contributed by atoms with E-state index in [1.54, 1.807) is 12.1 Å². The zero-order valence-electron chi connectivity index (χ0n) is 10.1. The van der Waals surface area contributed by atoms with E-state index in [0.29, 0.717) is 21.7 Å². The summed E-state index contributed by atoms with van der Waals surface area (Å²) in [7, 11) is 0. The maximum Gasteiger partial charge on any atom is 0.290 e. The van der Waals surface area contributed by atoms with E-state index in [1.807, 2.05) is 6.07 Å². The minimum atomic E-state index is -0.383. The van der Waals surface area contributed by atoms with Crippen molar-refractivity contribution in [1.29, 1.82) is 0 Å². The molecule has 0 spiro atoms. The molecule has 0 aliphatic carbocycles. The van der Waals surface area contributed by atoms with Crippen molar-refractivity contribution in [2.24, 2.45) is 5.10 Å². The van der Waals surface area contributed by atoms with Crippen molar-refractivity contribution in [1.82, 2.24) is 15.6 Å². The summed E-state index contributed by atoms with van der Waals surface area (Å²) in [5, 5.41) is 10.2. The molecule has 1 aliphatic rings. The average molecular weight is 337 g/mol. The van der Waals surface area contributed by atoms with Crippen LogP contribution in [0.5, 0.6) is 11.5 Å². The maximum atomic E-state index is 11.7. The van der Waals surface area contributed by atoms with Crippen molar-refractivity contribution < 1.29 is 14.3 Å². The van der Waals surface area contributed by atoms with Crippen LogP contribution in [0.2, 0.25) is 0 Å². The van der Waals surface area contributed by atoms with Crippen LogP contribution >= 0.6 is 15.9 Å². The van der Waals surface area contributed by atoms with Crippen molar-refractivity contribution in [2.75, 3.05) is 6.79 Å². The highest BCUT2D eigenvalue weighted by molar-refractivity contribution is 9.10. The molecule has 2 N–H and O–H groups in total. The fraction of sp³-hybridized carbons (Fsp3) is 0.0833. The van der Waals surface area contributed by atoms with Crippen LogP contribution in [0.4, 0.5) is 0 Å². The molecule has 0 unspecified atom stereocenters. The molecule has 0 atom stereocenters. The van der Waals surface area contributed by atoms with Crippen molar-refractivity contribution in [3.63, 3.8) is 0 Å². The molecule has 20 heavy (non-hydrogen) atoms. The Morgan fingerprint density at radius 3 is 3.10 bits per heavy atom. The topological polar surface area (TPSA) is 88.6 Å². The van der Waals surface area contributed by atoms with Gasteiger partial charge < -0.3 is 9.47 Å². The number of benzene rings is 1. The molecule has 0 saturated heterocycles. The number of ether oxygens (including phenoxy) is 2. The summed E-state index contributed by atoms with van der Waals surface area (Å²) in [6.07, 6.45) is 3.01. The van der Waals surface area contributed by atoms with Gasteiger partial charge in [-0.15, -0.1) is 0 Å². The molecule has 102 valence electrons. The number of hydrogen-bond acceptors (Lipinski definition) is 5. The number of hydrogen-bond donors (Lipinski definition) is 2. The number of fused-ring (bicyclic) bond motifs is 1. The van der Waals surface area contributed by atoms with Crippen molar-refractivity contribution in [3.8, 4) is 11.5 Å². The van der Waals surface area contributed by atoms with Crippen molar-refractivity contribution in [2.45, 2.75) is 0 Å². The SMILES string of the molecule is O=C(NN=Cc1ccc2c(c1)OCO2)c1[nH]ncc1Br. The van der Waals surface area contributed by atoms with Gasteiger partial charge in [-0.25, -0.2) is 5.43 Å². The summed E-state index contributed by atoms with van der Waals surface area (Å²) in [4.78, 5) is 11.7. The summed E-state index contributed by atoms with van der Waals surface area (Å²) in [6.45, 7) is 0.223. The van der Waals surface area contributed by atoms with Gasteiger partial charge in [0.15, 0.2) is 11.5 Å². The Hall–Kier alpha value is -2.35. The summed E-state index contributed by atoms with van der Waals surface area (Å²) in [5.41, 5.74) is 3.50. The van der Waals surface area contributed by atoms with Gasteiger partial charge in [0, 0.05) is 0 Å². The van der Waals surface area contributed by atoms with E-state index < -0.39 is 0 Å². The highest BCUT2D eigenvalue weighted by atomic mass is 79.9. The molecular weight excluding hydrogens is 328 g/mol. The third kappa shape index (κ3) is 2.50. The number of rotatable bonds is 3. The fourth-order valence-corrected chi connectivity index (χ4v) is 2.02. The van der Waals surface area contributed by atoms with E-state index in [2.05, 4.69) is 36.7 Å². The Bertz CT molecular complexity index is 683. The number of carbonyl (C=O) groups excluding carboxylic acids is 1. The fourth-order valence-electron chi connectivity index (χ4n) is 1.65. The van der Waals surface area contributed by atoms with Gasteiger partial charge in [-0.1, -0.05) is 0 Å². The van der Waals surface area contributed by atoms with Gasteiger partial charge in [0.1, 0.15) is 5.69 Å². The van der Waals surface area contributed by atoms with Gasteiger partial charge in [0.2, 0.25) is 6.79 Å². The number of aromatic nitrogens is 2. The molecule has 8 heteroatoms. The van der Waals surface area contributed by atoms with Crippen LogP contribution in [-0.2, 0) is 0 Å². The number of amides is 1. The number of nitrogens with zero attached hydrogens (tertiary/aromatic N) is 2. The zero-order valence-corrected chi connectivity index (χ0v) is 11.7. The molecule has 3 rings (SSSR count). The van der Waals surface area contributed by atoms with Crippen molar-refractivity contribution in [3.05, 3.63) is 40.1 Å². The molecule has 0 bridgehead atoms. The number of aromatic amines is 1. The number of halogens is 1. The van der Waals surface area contributed by atoms with Gasteiger partial charge in [0.25, 0.3) is 5.91 Å². The monoisotopic (exact) mass is 336 g/mol. The lowest BCUT2D eigenvalue weighted by Crippen LogP contribution is -2.18. The third-order valence-corrected chi connectivity index (χ3v) is 3.20. The molecule has 1 aliphatic heterocycles. The lowest BCUT2D eigenvalue weighted by Gasteiger charge is -1.98. The smallest absolute Gasteiger partial charge is 0.290 e. The first-order valence-corrected chi connectivity index (χ1v) is 6.45. The Balaban J connectivity index is 1.66. The van der Waals surface area contributed by atoms with E-state index in [1.165, 1.54) is 12.4 Å². The quantitative estimate of drug-likeness (QED) is 0.659. The van der Waals surface area contributed by atoms with Crippen LogP contribution in [0, 0.1) is 0 Å². The normalized spacial score (nSPS) is 12.8. The average Bonchev–Trinajstić information content (AvgIpc) is 3.06. The second-order valence-electron chi connectivity index (χ2n) is 3.90. The second kappa shape index (κ2) is 5.33. The predicted molar refractivity (Wildman–Crippen MR) is 73.9 cm³/mol.